The summed E-state index contributed by atoms with van der Waals surface area (Å²) in [4.78, 5) is 30.9. The van der Waals surface area contributed by atoms with Crippen LogP contribution >= 0.6 is 0 Å². The molecule has 0 saturated heterocycles. The Labute approximate surface area is 219 Å². The first-order valence-electron chi connectivity index (χ1n) is 12.6. The van der Waals surface area contributed by atoms with Gasteiger partial charge in [0.2, 0.25) is 5.91 Å². The third-order valence-corrected chi connectivity index (χ3v) is 6.10. The third-order valence-electron chi connectivity index (χ3n) is 6.10. The molecule has 1 N–H and O–H groups in total. The summed E-state index contributed by atoms with van der Waals surface area (Å²) in [7, 11) is 1.97. The van der Waals surface area contributed by atoms with Gasteiger partial charge in [-0.1, -0.05) is 19.9 Å². The minimum atomic E-state index is -4.64. The Morgan fingerprint density at radius 1 is 1.24 bits per heavy atom. The van der Waals surface area contributed by atoms with Crippen molar-refractivity contribution in [1.29, 1.82) is 0 Å². The second-order valence-electron chi connectivity index (χ2n) is 10.3. The molecule has 2 heterocycles. The number of carbonyl (C=O) groups excluding carboxylic acids is 2. The zero-order valence-corrected chi connectivity index (χ0v) is 21.7. The number of halogens is 3. The number of amides is 1. The van der Waals surface area contributed by atoms with E-state index in [0.29, 0.717) is 35.5 Å². The maximum absolute atomic E-state index is 13.1. The molecule has 1 saturated carbocycles. The van der Waals surface area contributed by atoms with Gasteiger partial charge in [0.05, 0.1) is 18.8 Å². The van der Waals surface area contributed by atoms with Gasteiger partial charge in [-0.2, -0.15) is 18.3 Å². The molecule has 0 bridgehead atoms. The number of benzene rings is 1. The first-order valence-corrected chi connectivity index (χ1v) is 12.6. The first-order chi connectivity index (χ1) is 18.0. The van der Waals surface area contributed by atoms with Crippen LogP contribution in [0.2, 0.25) is 0 Å². The van der Waals surface area contributed by atoms with E-state index < -0.39 is 17.7 Å². The number of ether oxygens (including phenoxy) is 1. The van der Waals surface area contributed by atoms with Crippen LogP contribution in [0.5, 0.6) is 5.75 Å². The first kappa shape index (κ1) is 27.6. The molecule has 1 amide bonds. The number of alkyl halides is 3. The number of pyridine rings is 1. The standard InChI is InChI=1S/C27H32F3N5O3/c1-17(2)15-38-24-11-22-20(13-35(33-22)14-26(37)31-16-34(3)12-18-7-8-18)9-19(24)10-23(36)21-5-4-6-25(32-21)27(28,29)30/h4-6,9,11,13,17-18H,7-8,10,12,14-16H2,1-3H3,(H,31,37). The highest BCUT2D eigenvalue weighted by atomic mass is 19.4. The largest absolute Gasteiger partial charge is 0.493 e. The van der Waals surface area contributed by atoms with Crippen molar-refractivity contribution in [2.75, 3.05) is 26.9 Å². The Morgan fingerprint density at radius 3 is 2.68 bits per heavy atom. The van der Waals surface area contributed by atoms with Crippen molar-refractivity contribution in [1.82, 2.24) is 25.0 Å². The average molecular weight is 532 g/mol. The molecule has 0 radical (unpaired) electrons. The molecule has 0 aliphatic heterocycles. The number of hydrogen-bond donors (Lipinski definition) is 1. The molecule has 8 nitrogen and oxygen atoms in total. The Bertz CT molecular complexity index is 1300. The maximum Gasteiger partial charge on any atom is 0.433 e. The van der Waals surface area contributed by atoms with E-state index in [0.717, 1.165) is 18.5 Å². The topological polar surface area (TPSA) is 89.4 Å². The number of fused-ring (bicyclic) bond motifs is 1. The van der Waals surface area contributed by atoms with Crippen molar-refractivity contribution in [3.05, 3.63) is 53.5 Å². The lowest BCUT2D eigenvalue weighted by Crippen LogP contribution is -2.38. The van der Waals surface area contributed by atoms with E-state index in [1.807, 2.05) is 20.9 Å². The second-order valence-corrected chi connectivity index (χ2v) is 10.3. The maximum atomic E-state index is 13.1. The van der Waals surface area contributed by atoms with Gasteiger partial charge in [-0.3, -0.25) is 19.2 Å². The van der Waals surface area contributed by atoms with Crippen LogP contribution in [-0.2, 0) is 23.9 Å². The lowest BCUT2D eigenvalue weighted by molar-refractivity contribution is -0.141. The number of Topliss-reactive ketones (excluding diaryl/α,β-unsaturated/α-hetero) is 1. The predicted molar refractivity (Wildman–Crippen MR) is 136 cm³/mol. The molecule has 1 aliphatic rings. The average Bonchev–Trinajstić information content (AvgIpc) is 3.58. The Balaban J connectivity index is 1.51. The fourth-order valence-electron chi connectivity index (χ4n) is 4.00. The van der Waals surface area contributed by atoms with Gasteiger partial charge in [0.25, 0.3) is 0 Å². The number of carbonyl (C=O) groups is 2. The van der Waals surface area contributed by atoms with Gasteiger partial charge < -0.3 is 10.1 Å². The highest BCUT2D eigenvalue weighted by Gasteiger charge is 2.33. The summed E-state index contributed by atoms with van der Waals surface area (Å²) in [5.41, 5.74) is -0.300. The normalized spacial score (nSPS) is 13.9. The van der Waals surface area contributed by atoms with Crippen molar-refractivity contribution in [2.45, 2.75) is 45.8 Å². The van der Waals surface area contributed by atoms with E-state index in [9.17, 15) is 22.8 Å². The van der Waals surface area contributed by atoms with Crippen LogP contribution in [0.3, 0.4) is 0 Å². The summed E-state index contributed by atoms with van der Waals surface area (Å²) in [6.07, 6.45) is -0.660. The fourth-order valence-corrected chi connectivity index (χ4v) is 4.00. The number of ketones is 1. The van der Waals surface area contributed by atoms with E-state index in [1.165, 1.54) is 29.7 Å². The van der Waals surface area contributed by atoms with Crippen LogP contribution in [0.15, 0.2) is 36.5 Å². The Hall–Kier alpha value is -3.47. The van der Waals surface area contributed by atoms with Crippen LogP contribution in [0.1, 0.15) is 48.4 Å². The van der Waals surface area contributed by atoms with Gasteiger partial charge in [0.1, 0.15) is 23.7 Å². The minimum absolute atomic E-state index is 0.0244. The zero-order chi connectivity index (χ0) is 27.4. The summed E-state index contributed by atoms with van der Waals surface area (Å²) in [5, 5.41) is 8.06. The number of hydrogen-bond acceptors (Lipinski definition) is 6. The van der Waals surface area contributed by atoms with Crippen molar-refractivity contribution in [3.63, 3.8) is 0 Å². The minimum Gasteiger partial charge on any atom is -0.493 e. The number of rotatable bonds is 12. The van der Waals surface area contributed by atoms with E-state index in [1.54, 1.807) is 18.3 Å². The van der Waals surface area contributed by atoms with Crippen molar-refractivity contribution in [2.24, 2.45) is 11.8 Å². The highest BCUT2D eigenvalue weighted by Crippen LogP contribution is 2.30. The zero-order valence-electron chi connectivity index (χ0n) is 21.7. The summed E-state index contributed by atoms with van der Waals surface area (Å²) < 4.78 is 46.7. The lowest BCUT2D eigenvalue weighted by Gasteiger charge is -2.16. The molecule has 2 aromatic heterocycles. The smallest absolute Gasteiger partial charge is 0.433 e. The lowest BCUT2D eigenvalue weighted by atomic mass is 10.0. The van der Waals surface area contributed by atoms with Gasteiger partial charge in [0, 0.05) is 36.2 Å². The Kier molecular flexibility index (Phi) is 8.35. The number of nitrogens with one attached hydrogen (secondary N) is 1. The molecule has 3 aromatic rings. The summed E-state index contributed by atoms with van der Waals surface area (Å²) >= 11 is 0. The molecule has 1 aliphatic carbocycles. The van der Waals surface area contributed by atoms with Crippen molar-refractivity contribution < 1.29 is 27.5 Å². The van der Waals surface area contributed by atoms with E-state index in [-0.39, 0.29) is 30.5 Å². The molecule has 0 unspecified atom stereocenters. The fraction of sp³-hybridized carbons (Fsp3) is 0.481. The molecule has 11 heteroatoms. The van der Waals surface area contributed by atoms with Gasteiger partial charge >= 0.3 is 6.18 Å². The number of aromatic nitrogens is 3. The van der Waals surface area contributed by atoms with Crippen LogP contribution in [0.4, 0.5) is 13.2 Å². The molecule has 1 aromatic carbocycles. The molecule has 0 atom stereocenters. The van der Waals surface area contributed by atoms with Crippen molar-refractivity contribution in [3.8, 4) is 5.75 Å². The van der Waals surface area contributed by atoms with E-state index in [2.05, 4.69) is 20.3 Å². The molecule has 38 heavy (non-hydrogen) atoms. The molecular weight excluding hydrogens is 499 g/mol. The monoisotopic (exact) mass is 531 g/mol. The van der Waals surface area contributed by atoms with Gasteiger partial charge in [-0.05, 0) is 49.9 Å². The molecule has 204 valence electrons. The van der Waals surface area contributed by atoms with Gasteiger partial charge in [0.15, 0.2) is 5.78 Å². The van der Waals surface area contributed by atoms with Crippen LogP contribution in [0, 0.1) is 11.8 Å². The highest BCUT2D eigenvalue weighted by molar-refractivity contribution is 5.97. The Morgan fingerprint density at radius 2 is 2.00 bits per heavy atom. The third kappa shape index (κ3) is 7.53. The molecule has 4 rings (SSSR count). The molecule has 0 spiro atoms. The van der Waals surface area contributed by atoms with Crippen LogP contribution < -0.4 is 10.1 Å². The molecule has 1 fully saturated rings. The second kappa shape index (κ2) is 11.5. The summed E-state index contributed by atoms with van der Waals surface area (Å²) in [6, 6.07) is 6.68. The van der Waals surface area contributed by atoms with E-state index in [4.69, 9.17) is 4.74 Å². The summed E-state index contributed by atoms with van der Waals surface area (Å²) in [6.45, 7) is 5.78. The summed E-state index contributed by atoms with van der Waals surface area (Å²) in [5.74, 6) is 0.613. The van der Waals surface area contributed by atoms with Crippen molar-refractivity contribution >= 4 is 22.6 Å². The van der Waals surface area contributed by atoms with Crippen LogP contribution in [-0.4, -0.2) is 58.2 Å². The number of nitrogens with zero attached hydrogens (tertiary/aromatic N) is 4. The molecular formula is C27H32F3N5O3. The quantitative estimate of drug-likeness (QED) is 0.277. The van der Waals surface area contributed by atoms with E-state index >= 15 is 0 Å². The van der Waals surface area contributed by atoms with Gasteiger partial charge in [-0.25, -0.2) is 4.98 Å². The van der Waals surface area contributed by atoms with Gasteiger partial charge in [-0.15, -0.1) is 0 Å². The SMILES string of the molecule is CC(C)COc1cc2nn(CC(=O)NCN(C)CC3CC3)cc2cc1CC(=O)c1cccc(C(F)(F)F)n1. The van der Waals surface area contributed by atoms with Crippen LogP contribution in [0.25, 0.3) is 10.9 Å². The predicted octanol–water partition coefficient (Wildman–Crippen LogP) is 4.33.